The molecule has 0 fully saturated rings. The molecule has 0 saturated carbocycles. The highest BCUT2D eigenvalue weighted by Crippen LogP contribution is 2.33. The summed E-state index contributed by atoms with van der Waals surface area (Å²) in [6, 6.07) is 23.9. The molecule has 0 N–H and O–H groups in total. The lowest BCUT2D eigenvalue weighted by molar-refractivity contribution is -0.00000405. The van der Waals surface area contributed by atoms with Crippen molar-refractivity contribution in [3.8, 4) is 0 Å². The molecule has 0 aromatic heterocycles. The van der Waals surface area contributed by atoms with Crippen molar-refractivity contribution in [2.24, 2.45) is 0 Å². The van der Waals surface area contributed by atoms with Gasteiger partial charge in [0.2, 0.25) is 0 Å². The Hall–Kier alpha value is -0.640. The van der Waals surface area contributed by atoms with Crippen LogP contribution in [-0.2, 0) is 10.9 Å². The zero-order valence-corrected chi connectivity index (χ0v) is 16.5. The van der Waals surface area contributed by atoms with Gasteiger partial charge in [-0.1, -0.05) is 34.8 Å². The third kappa shape index (κ3) is 4.68. The summed E-state index contributed by atoms with van der Waals surface area (Å²) in [6.45, 7) is 0. The Morgan fingerprint density at radius 2 is 0.652 bits per heavy atom. The summed E-state index contributed by atoms with van der Waals surface area (Å²) in [5.41, 5.74) is 0. The fraction of sp³-hybridized carbons (Fsp3) is 0. The minimum absolute atomic E-state index is 0. The van der Waals surface area contributed by atoms with Crippen molar-refractivity contribution >= 4 is 45.7 Å². The fourth-order valence-corrected chi connectivity index (χ4v) is 4.54. The van der Waals surface area contributed by atoms with Crippen LogP contribution in [0.15, 0.2) is 87.5 Å². The van der Waals surface area contributed by atoms with Gasteiger partial charge in [0.05, 0.1) is 10.9 Å². The first-order chi connectivity index (χ1) is 10.6. The van der Waals surface area contributed by atoms with Gasteiger partial charge in [-0.2, -0.15) is 0 Å². The minimum Gasteiger partial charge on any atom is -1.00 e. The maximum Gasteiger partial charge on any atom is 0.166 e. The van der Waals surface area contributed by atoms with Gasteiger partial charge < -0.3 is 17.0 Å². The van der Waals surface area contributed by atoms with Gasteiger partial charge in [0.1, 0.15) is 0 Å². The Labute approximate surface area is 164 Å². The smallest absolute Gasteiger partial charge is 0.166 e. The molecule has 0 atom stereocenters. The average Bonchev–Trinajstić information content (AvgIpc) is 2.53. The number of hydrogen-bond donors (Lipinski definition) is 0. The van der Waals surface area contributed by atoms with Crippen LogP contribution in [0.5, 0.6) is 0 Å². The fourth-order valence-electron chi connectivity index (χ4n) is 2.12. The lowest BCUT2D eigenvalue weighted by Gasteiger charge is -2.08. The van der Waals surface area contributed by atoms with E-state index in [9.17, 15) is 0 Å². The highest BCUT2D eigenvalue weighted by molar-refractivity contribution is 7.97. The third-order valence-corrected chi connectivity index (χ3v) is 6.13. The van der Waals surface area contributed by atoms with Crippen molar-refractivity contribution in [2.45, 2.75) is 14.7 Å². The molecular formula is C18H12BrCl3S. The summed E-state index contributed by atoms with van der Waals surface area (Å²) >= 11 is 18.1. The highest BCUT2D eigenvalue weighted by atomic mass is 79.9. The molecule has 3 aromatic rings. The van der Waals surface area contributed by atoms with Gasteiger partial charge in [0.25, 0.3) is 0 Å². The molecule has 0 saturated heterocycles. The summed E-state index contributed by atoms with van der Waals surface area (Å²) in [5.74, 6) is 0. The number of hydrogen-bond acceptors (Lipinski definition) is 0. The maximum atomic E-state index is 6.02. The topological polar surface area (TPSA) is 0 Å². The van der Waals surface area contributed by atoms with E-state index in [2.05, 4.69) is 36.4 Å². The monoisotopic (exact) mass is 444 g/mol. The molecule has 0 spiro atoms. The second kappa shape index (κ2) is 8.46. The van der Waals surface area contributed by atoms with Crippen LogP contribution in [-0.4, -0.2) is 0 Å². The highest BCUT2D eigenvalue weighted by Gasteiger charge is 2.28. The molecule has 3 aromatic carbocycles. The number of rotatable bonds is 3. The van der Waals surface area contributed by atoms with Crippen molar-refractivity contribution in [1.82, 2.24) is 0 Å². The van der Waals surface area contributed by atoms with Crippen molar-refractivity contribution in [1.29, 1.82) is 0 Å². The van der Waals surface area contributed by atoms with E-state index in [1.54, 1.807) is 0 Å². The normalized spacial score (nSPS) is 10.4. The number of benzene rings is 3. The molecule has 118 valence electrons. The second-order valence-corrected chi connectivity index (χ2v) is 8.00. The van der Waals surface area contributed by atoms with Crippen LogP contribution in [0.25, 0.3) is 0 Å². The van der Waals surface area contributed by atoms with Gasteiger partial charge in [-0.25, -0.2) is 0 Å². The minimum atomic E-state index is -0.215. The van der Waals surface area contributed by atoms with Crippen LogP contribution in [0.2, 0.25) is 15.1 Å². The molecule has 0 aliphatic heterocycles. The molecule has 0 unspecified atom stereocenters. The summed E-state index contributed by atoms with van der Waals surface area (Å²) in [5, 5.41) is 2.21. The predicted molar refractivity (Wildman–Crippen MR) is 96.5 cm³/mol. The van der Waals surface area contributed by atoms with E-state index in [0.29, 0.717) is 0 Å². The first-order valence-corrected chi connectivity index (χ1v) is 9.00. The Morgan fingerprint density at radius 1 is 0.435 bits per heavy atom. The van der Waals surface area contributed by atoms with Crippen LogP contribution in [0.3, 0.4) is 0 Å². The average molecular weight is 447 g/mol. The molecule has 0 bridgehead atoms. The molecule has 0 heterocycles. The lowest BCUT2D eigenvalue weighted by atomic mass is 10.3. The quantitative estimate of drug-likeness (QED) is 0.538. The Kier molecular flexibility index (Phi) is 6.87. The molecule has 0 amide bonds. The molecule has 5 heteroatoms. The van der Waals surface area contributed by atoms with Crippen molar-refractivity contribution < 1.29 is 17.0 Å². The first kappa shape index (κ1) is 18.7. The predicted octanol–water partition coefficient (Wildman–Crippen LogP) is 3.75. The summed E-state index contributed by atoms with van der Waals surface area (Å²) < 4.78 is 0. The number of halogens is 4. The summed E-state index contributed by atoms with van der Waals surface area (Å²) in [6.07, 6.45) is 0. The van der Waals surface area contributed by atoms with E-state index in [-0.39, 0.29) is 27.9 Å². The van der Waals surface area contributed by atoms with Gasteiger partial charge in [0.15, 0.2) is 14.7 Å². The molecule has 23 heavy (non-hydrogen) atoms. The van der Waals surface area contributed by atoms with Crippen LogP contribution in [0.4, 0.5) is 0 Å². The molecule has 3 rings (SSSR count). The van der Waals surface area contributed by atoms with E-state index in [4.69, 9.17) is 34.8 Å². The van der Waals surface area contributed by atoms with Crippen LogP contribution < -0.4 is 17.0 Å². The van der Waals surface area contributed by atoms with Gasteiger partial charge in [-0.3, -0.25) is 0 Å². The van der Waals surface area contributed by atoms with Crippen molar-refractivity contribution in [2.75, 3.05) is 0 Å². The van der Waals surface area contributed by atoms with Gasteiger partial charge in [-0.15, -0.1) is 0 Å². The van der Waals surface area contributed by atoms with Crippen LogP contribution in [0, 0.1) is 0 Å². The molecule has 0 aliphatic carbocycles. The van der Waals surface area contributed by atoms with Crippen molar-refractivity contribution in [3.63, 3.8) is 0 Å². The van der Waals surface area contributed by atoms with E-state index in [1.807, 2.05) is 36.4 Å². The Morgan fingerprint density at radius 3 is 0.870 bits per heavy atom. The van der Waals surface area contributed by atoms with E-state index >= 15 is 0 Å². The molecule has 0 nitrogen and oxygen atoms in total. The zero-order chi connectivity index (χ0) is 15.5. The lowest BCUT2D eigenvalue weighted by Crippen LogP contribution is -3.00. The van der Waals surface area contributed by atoms with Crippen LogP contribution >= 0.6 is 34.8 Å². The first-order valence-electron chi connectivity index (χ1n) is 6.64. The zero-order valence-electron chi connectivity index (χ0n) is 11.8. The second-order valence-electron chi connectivity index (χ2n) is 4.67. The third-order valence-electron chi connectivity index (χ3n) is 3.15. The van der Waals surface area contributed by atoms with E-state index in [0.717, 1.165) is 15.1 Å². The van der Waals surface area contributed by atoms with E-state index < -0.39 is 0 Å². The van der Waals surface area contributed by atoms with Crippen molar-refractivity contribution in [3.05, 3.63) is 87.9 Å². The summed E-state index contributed by atoms with van der Waals surface area (Å²) in [7, 11) is -0.215. The van der Waals surface area contributed by atoms with E-state index in [1.165, 1.54) is 14.7 Å². The van der Waals surface area contributed by atoms with Gasteiger partial charge in [-0.05, 0) is 72.8 Å². The molecule has 0 radical (unpaired) electrons. The SMILES string of the molecule is Clc1ccc([S+](c2ccc(Cl)cc2)c2ccc(Cl)cc2)cc1.[Br-]. The summed E-state index contributed by atoms with van der Waals surface area (Å²) in [4.78, 5) is 3.61. The standard InChI is InChI=1S/C18H12Cl3S.BrH/c19-13-1-7-16(8-2-13)22(17-9-3-14(20)4-10-17)18-11-5-15(21)6-12-18;/h1-12H;1H/q+1;/p-1. The molecule has 0 aliphatic rings. The molecular weight excluding hydrogens is 435 g/mol. The largest absolute Gasteiger partial charge is 1.00 e. The van der Waals surface area contributed by atoms with Gasteiger partial charge >= 0.3 is 0 Å². The maximum absolute atomic E-state index is 6.02. The van der Waals surface area contributed by atoms with Gasteiger partial charge in [0, 0.05) is 15.1 Å². The Bertz CT molecular complexity index is 648. The van der Waals surface area contributed by atoms with Crippen LogP contribution in [0.1, 0.15) is 0 Å². The Balaban J connectivity index is 0.00000192.